The molecule has 0 aliphatic carbocycles. The van der Waals surface area contributed by atoms with Gasteiger partial charge in [-0.2, -0.15) is 0 Å². The van der Waals surface area contributed by atoms with Crippen LogP contribution in [0, 0.1) is 12.7 Å². The summed E-state index contributed by atoms with van der Waals surface area (Å²) in [7, 11) is 1.28. The van der Waals surface area contributed by atoms with Crippen LogP contribution in [0.1, 0.15) is 29.8 Å². The molecule has 2 N–H and O–H groups in total. The number of hydrogen-bond donors (Lipinski definition) is 1. The minimum Gasteiger partial charge on any atom is -0.465 e. The van der Waals surface area contributed by atoms with Gasteiger partial charge in [0.25, 0.3) is 0 Å². The fraction of sp³-hybridized carbons (Fsp3) is 0.235. The second kappa shape index (κ2) is 7.80. The first-order valence-corrected chi connectivity index (χ1v) is 7.26. The monoisotopic (exact) mass is 323 g/mol. The smallest absolute Gasteiger partial charge is 0.340 e. The highest BCUT2D eigenvalue weighted by molar-refractivity contribution is 6.34. The third-order valence-corrected chi connectivity index (χ3v) is 3.42. The maximum absolute atomic E-state index is 13.0. The molecule has 118 valence electrons. The van der Waals surface area contributed by atoms with Crippen LogP contribution in [0.5, 0.6) is 0 Å². The van der Waals surface area contributed by atoms with Gasteiger partial charge in [-0.05, 0) is 36.2 Å². The summed E-state index contributed by atoms with van der Waals surface area (Å²) >= 11 is 6.22. The van der Waals surface area contributed by atoms with Crippen LogP contribution < -0.4 is 5.73 Å². The molecular formula is C17H19ClFNO2. The summed E-state index contributed by atoms with van der Waals surface area (Å²) < 4.78 is 17.6. The van der Waals surface area contributed by atoms with Crippen molar-refractivity contribution >= 4 is 23.3 Å². The quantitative estimate of drug-likeness (QED) is 0.635. The number of benzene rings is 2. The molecule has 22 heavy (non-hydrogen) atoms. The van der Waals surface area contributed by atoms with Crippen molar-refractivity contribution in [1.29, 1.82) is 0 Å². The van der Waals surface area contributed by atoms with E-state index >= 15 is 0 Å². The fourth-order valence-electron chi connectivity index (χ4n) is 2.04. The Morgan fingerprint density at radius 1 is 1.23 bits per heavy atom. The summed E-state index contributed by atoms with van der Waals surface area (Å²) in [5, 5.41) is 0.365. The van der Waals surface area contributed by atoms with Crippen molar-refractivity contribution in [2.45, 2.75) is 20.8 Å². The Balaban J connectivity index is 0.00000116. The van der Waals surface area contributed by atoms with Crippen molar-refractivity contribution < 1.29 is 13.9 Å². The van der Waals surface area contributed by atoms with E-state index in [1.165, 1.54) is 25.3 Å². The third-order valence-electron chi connectivity index (χ3n) is 3.12. The number of esters is 1. The van der Waals surface area contributed by atoms with Crippen LogP contribution in [0.15, 0.2) is 30.3 Å². The average Bonchev–Trinajstić information content (AvgIpc) is 2.54. The van der Waals surface area contributed by atoms with E-state index < -0.39 is 5.97 Å². The zero-order valence-corrected chi connectivity index (χ0v) is 13.8. The lowest BCUT2D eigenvalue weighted by molar-refractivity contribution is 0.0602. The Morgan fingerprint density at radius 2 is 1.77 bits per heavy atom. The molecule has 2 rings (SSSR count). The maximum Gasteiger partial charge on any atom is 0.340 e. The van der Waals surface area contributed by atoms with E-state index in [4.69, 9.17) is 17.3 Å². The number of carbonyl (C=O) groups is 1. The summed E-state index contributed by atoms with van der Waals surface area (Å²) in [5.41, 5.74) is 8.56. The number of nitrogens with two attached hydrogens (primary N) is 1. The molecule has 0 saturated heterocycles. The summed E-state index contributed by atoms with van der Waals surface area (Å²) in [6.45, 7) is 5.76. The molecule has 0 fully saturated rings. The van der Waals surface area contributed by atoms with E-state index in [0.29, 0.717) is 21.8 Å². The van der Waals surface area contributed by atoms with E-state index in [1.807, 2.05) is 13.8 Å². The van der Waals surface area contributed by atoms with Gasteiger partial charge in [-0.1, -0.05) is 37.6 Å². The number of methoxy groups -OCH3 is 1. The normalized spacial score (nSPS) is 9.73. The van der Waals surface area contributed by atoms with Gasteiger partial charge >= 0.3 is 5.97 Å². The molecule has 0 saturated carbocycles. The van der Waals surface area contributed by atoms with Gasteiger partial charge < -0.3 is 10.5 Å². The van der Waals surface area contributed by atoms with Gasteiger partial charge in [0.2, 0.25) is 0 Å². The topological polar surface area (TPSA) is 52.3 Å². The molecule has 0 aliphatic rings. The van der Waals surface area contributed by atoms with Gasteiger partial charge in [-0.25, -0.2) is 9.18 Å². The molecule has 0 bridgehead atoms. The Labute approximate surface area is 134 Å². The number of hydrogen-bond acceptors (Lipinski definition) is 3. The zero-order chi connectivity index (χ0) is 16.9. The van der Waals surface area contributed by atoms with Crippen LogP contribution in [-0.4, -0.2) is 13.1 Å². The summed E-state index contributed by atoms with van der Waals surface area (Å²) in [5.74, 6) is -0.875. The molecule has 0 aliphatic heterocycles. The lowest BCUT2D eigenvalue weighted by atomic mass is 9.96. The van der Waals surface area contributed by atoms with Crippen molar-refractivity contribution in [2.24, 2.45) is 0 Å². The maximum atomic E-state index is 13.0. The van der Waals surface area contributed by atoms with E-state index in [2.05, 4.69) is 4.74 Å². The van der Waals surface area contributed by atoms with E-state index in [-0.39, 0.29) is 11.4 Å². The second-order valence-corrected chi connectivity index (χ2v) is 4.73. The van der Waals surface area contributed by atoms with Gasteiger partial charge in [-0.3, -0.25) is 0 Å². The fourth-order valence-corrected chi connectivity index (χ4v) is 2.40. The van der Waals surface area contributed by atoms with Crippen molar-refractivity contribution in [3.8, 4) is 11.1 Å². The van der Waals surface area contributed by atoms with Gasteiger partial charge in [0, 0.05) is 16.3 Å². The molecule has 0 heterocycles. The predicted molar refractivity (Wildman–Crippen MR) is 88.7 cm³/mol. The Bertz CT molecular complexity index is 669. The number of rotatable bonds is 2. The highest BCUT2D eigenvalue weighted by Gasteiger charge is 2.18. The number of carbonyl (C=O) groups excluding carboxylic acids is 1. The highest BCUT2D eigenvalue weighted by atomic mass is 35.5. The first kappa shape index (κ1) is 18.0. The van der Waals surface area contributed by atoms with Gasteiger partial charge in [0.05, 0.1) is 12.7 Å². The van der Waals surface area contributed by atoms with Crippen LogP contribution in [-0.2, 0) is 4.74 Å². The molecule has 2 aromatic rings. The predicted octanol–water partition coefficient (Wildman–Crippen LogP) is 4.85. The van der Waals surface area contributed by atoms with Gasteiger partial charge in [0.15, 0.2) is 0 Å². The van der Waals surface area contributed by atoms with Gasteiger partial charge in [0.1, 0.15) is 5.82 Å². The van der Waals surface area contributed by atoms with E-state index in [0.717, 1.165) is 5.56 Å². The molecule has 3 nitrogen and oxygen atoms in total. The molecule has 0 amide bonds. The van der Waals surface area contributed by atoms with Crippen molar-refractivity contribution in [3.63, 3.8) is 0 Å². The highest BCUT2D eigenvalue weighted by Crippen LogP contribution is 2.36. The number of anilines is 1. The van der Waals surface area contributed by atoms with Crippen LogP contribution in [0.3, 0.4) is 0 Å². The minimum absolute atomic E-state index is 0.223. The molecule has 0 atom stereocenters. The molecule has 5 heteroatoms. The average molecular weight is 324 g/mol. The van der Waals surface area contributed by atoms with Crippen LogP contribution >= 0.6 is 11.6 Å². The Hall–Kier alpha value is -2.07. The van der Waals surface area contributed by atoms with Crippen LogP contribution in [0.4, 0.5) is 10.1 Å². The summed E-state index contributed by atoms with van der Waals surface area (Å²) in [4.78, 5) is 11.6. The number of halogens is 2. The Morgan fingerprint density at radius 3 is 2.27 bits per heavy atom. The lowest BCUT2D eigenvalue weighted by Crippen LogP contribution is -2.08. The third kappa shape index (κ3) is 3.57. The van der Waals surface area contributed by atoms with Gasteiger partial charge in [-0.15, -0.1) is 0 Å². The van der Waals surface area contributed by atoms with Crippen LogP contribution in [0.2, 0.25) is 5.02 Å². The molecule has 0 radical (unpaired) electrons. The zero-order valence-electron chi connectivity index (χ0n) is 13.0. The standard InChI is InChI=1S/C15H13ClFNO2.C2H6/c1-8-13(9-3-5-10(17)6-4-9)12(16)7-11(14(8)18)15(19)20-2;1-2/h3-7H,18H2,1-2H3;1-2H3. The molecule has 0 unspecified atom stereocenters. The van der Waals surface area contributed by atoms with Crippen molar-refractivity contribution in [3.05, 3.63) is 52.3 Å². The van der Waals surface area contributed by atoms with Crippen molar-refractivity contribution in [2.75, 3.05) is 12.8 Å². The van der Waals surface area contributed by atoms with E-state index in [9.17, 15) is 9.18 Å². The Kier molecular flexibility index (Phi) is 6.38. The molecule has 0 aromatic heterocycles. The number of ether oxygens (including phenoxy) is 1. The molecule has 2 aromatic carbocycles. The lowest BCUT2D eigenvalue weighted by Gasteiger charge is -2.14. The van der Waals surface area contributed by atoms with E-state index in [1.54, 1.807) is 19.1 Å². The number of nitrogen functional groups attached to an aromatic ring is 1. The van der Waals surface area contributed by atoms with Crippen LogP contribution in [0.25, 0.3) is 11.1 Å². The first-order chi connectivity index (χ1) is 10.5. The second-order valence-electron chi connectivity index (χ2n) is 4.32. The first-order valence-electron chi connectivity index (χ1n) is 6.88. The minimum atomic E-state index is -0.543. The summed E-state index contributed by atoms with van der Waals surface area (Å²) in [6, 6.07) is 7.38. The summed E-state index contributed by atoms with van der Waals surface area (Å²) in [6.07, 6.45) is 0. The molecule has 0 spiro atoms. The SMILES string of the molecule is CC.COC(=O)c1cc(Cl)c(-c2ccc(F)cc2)c(C)c1N. The van der Waals surface area contributed by atoms with Crippen molar-refractivity contribution in [1.82, 2.24) is 0 Å². The molecular weight excluding hydrogens is 305 g/mol. The largest absolute Gasteiger partial charge is 0.465 e.